The molecule has 0 spiro atoms. The van der Waals surface area contributed by atoms with E-state index in [1.807, 2.05) is 77.1 Å². The van der Waals surface area contributed by atoms with Crippen LogP contribution in [0.2, 0.25) is 0 Å². The summed E-state index contributed by atoms with van der Waals surface area (Å²) in [7, 11) is 0. The van der Waals surface area contributed by atoms with E-state index < -0.39 is 0 Å². The number of benzene rings is 3. The Kier molecular flexibility index (Phi) is 6.78. The van der Waals surface area contributed by atoms with Crippen LogP contribution in [-0.4, -0.2) is 12.5 Å². The van der Waals surface area contributed by atoms with Crippen LogP contribution >= 0.6 is 0 Å². The van der Waals surface area contributed by atoms with E-state index in [0.29, 0.717) is 18.8 Å². The second-order valence-electron chi connectivity index (χ2n) is 7.57. The summed E-state index contributed by atoms with van der Waals surface area (Å²) in [6, 6.07) is 17.5. The molecule has 3 rings (SSSR count). The number of ether oxygens (including phenoxy) is 2. The summed E-state index contributed by atoms with van der Waals surface area (Å²) in [6.07, 6.45) is 0. The van der Waals surface area contributed by atoms with Gasteiger partial charge in [0.2, 0.25) is 0 Å². The number of carbonyl (C=O) groups excluding carboxylic acids is 1. The highest BCUT2D eigenvalue weighted by Crippen LogP contribution is 2.25. The maximum Gasteiger partial charge on any atom is 0.255 e. The molecule has 0 aliphatic rings. The van der Waals surface area contributed by atoms with Crippen molar-refractivity contribution in [1.29, 1.82) is 0 Å². The van der Waals surface area contributed by atoms with E-state index in [-0.39, 0.29) is 5.91 Å². The Morgan fingerprint density at radius 1 is 0.900 bits per heavy atom. The molecule has 4 heteroatoms. The number of hydrogen-bond acceptors (Lipinski definition) is 3. The Hall–Kier alpha value is -3.27. The second kappa shape index (κ2) is 9.49. The fourth-order valence-corrected chi connectivity index (χ4v) is 3.39. The van der Waals surface area contributed by atoms with Crippen LogP contribution in [-0.2, 0) is 6.61 Å². The zero-order valence-corrected chi connectivity index (χ0v) is 18.3. The molecule has 0 fully saturated rings. The van der Waals surface area contributed by atoms with Gasteiger partial charge in [0.15, 0.2) is 0 Å². The third-order valence-electron chi connectivity index (χ3n) is 5.06. The average molecular weight is 404 g/mol. The fraction of sp³-hybridized carbons (Fsp3) is 0.269. The van der Waals surface area contributed by atoms with Crippen molar-refractivity contribution >= 4 is 11.6 Å². The molecule has 0 aliphatic carbocycles. The summed E-state index contributed by atoms with van der Waals surface area (Å²) in [6.45, 7) is 10.9. The maximum atomic E-state index is 12.9. The van der Waals surface area contributed by atoms with Crippen LogP contribution in [0.4, 0.5) is 5.69 Å². The highest BCUT2D eigenvalue weighted by molar-refractivity contribution is 6.05. The van der Waals surface area contributed by atoms with Gasteiger partial charge >= 0.3 is 0 Å². The molecule has 0 saturated carbocycles. The number of amides is 1. The maximum absolute atomic E-state index is 12.9. The molecule has 1 N–H and O–H groups in total. The molecule has 0 aromatic heterocycles. The smallest absolute Gasteiger partial charge is 0.255 e. The van der Waals surface area contributed by atoms with Gasteiger partial charge in [0.05, 0.1) is 6.61 Å². The minimum atomic E-state index is -0.153. The normalized spacial score (nSPS) is 10.6. The lowest BCUT2D eigenvalue weighted by Gasteiger charge is -2.15. The van der Waals surface area contributed by atoms with Crippen molar-refractivity contribution in [2.75, 3.05) is 11.9 Å². The van der Waals surface area contributed by atoms with Gasteiger partial charge in [-0.3, -0.25) is 4.79 Å². The van der Waals surface area contributed by atoms with Crippen LogP contribution in [0, 0.1) is 27.7 Å². The fourth-order valence-electron chi connectivity index (χ4n) is 3.39. The van der Waals surface area contributed by atoms with E-state index in [2.05, 4.69) is 11.4 Å². The molecule has 0 unspecified atom stereocenters. The number of anilines is 1. The molecule has 0 bridgehead atoms. The minimum Gasteiger partial charge on any atom is -0.493 e. The summed E-state index contributed by atoms with van der Waals surface area (Å²) in [5.41, 5.74) is 6.73. The molecule has 0 heterocycles. The van der Waals surface area contributed by atoms with Crippen LogP contribution in [0.15, 0.2) is 54.6 Å². The van der Waals surface area contributed by atoms with E-state index in [1.165, 1.54) is 0 Å². The number of nitrogens with one attached hydrogen (secondary N) is 1. The first-order valence-electron chi connectivity index (χ1n) is 10.2. The van der Waals surface area contributed by atoms with Gasteiger partial charge in [-0.2, -0.15) is 0 Å². The SMILES string of the molecule is CCOc1ccc(C(=O)Nc2cccc(C)c2C)cc1COc1cc(C)cc(C)c1. The summed E-state index contributed by atoms with van der Waals surface area (Å²) < 4.78 is 11.8. The van der Waals surface area contributed by atoms with E-state index in [9.17, 15) is 4.79 Å². The average Bonchev–Trinajstić information content (AvgIpc) is 2.70. The summed E-state index contributed by atoms with van der Waals surface area (Å²) >= 11 is 0. The van der Waals surface area contributed by atoms with Crippen LogP contribution in [0.1, 0.15) is 45.1 Å². The second-order valence-corrected chi connectivity index (χ2v) is 7.57. The highest BCUT2D eigenvalue weighted by atomic mass is 16.5. The van der Waals surface area contributed by atoms with E-state index >= 15 is 0 Å². The van der Waals surface area contributed by atoms with Crippen molar-refractivity contribution in [2.45, 2.75) is 41.2 Å². The van der Waals surface area contributed by atoms with Crippen molar-refractivity contribution in [1.82, 2.24) is 0 Å². The highest BCUT2D eigenvalue weighted by Gasteiger charge is 2.13. The zero-order valence-electron chi connectivity index (χ0n) is 18.3. The lowest BCUT2D eigenvalue weighted by Crippen LogP contribution is -2.14. The van der Waals surface area contributed by atoms with Crippen LogP contribution in [0.25, 0.3) is 0 Å². The standard InChI is InChI=1S/C26H29NO3/c1-6-29-25-11-10-21(26(28)27-24-9-7-8-19(4)20(24)5)15-22(25)16-30-23-13-17(2)12-18(3)14-23/h7-15H,6,16H2,1-5H3,(H,27,28). The zero-order chi connectivity index (χ0) is 21.7. The molecule has 0 atom stereocenters. The molecule has 156 valence electrons. The Bertz CT molecular complexity index is 1040. The van der Waals surface area contributed by atoms with Gasteiger partial charge in [0.1, 0.15) is 18.1 Å². The first kappa shape index (κ1) is 21.4. The Balaban J connectivity index is 1.82. The molecule has 4 nitrogen and oxygen atoms in total. The number of rotatable bonds is 7. The molecule has 0 aliphatic heterocycles. The first-order valence-corrected chi connectivity index (χ1v) is 10.2. The predicted molar refractivity (Wildman–Crippen MR) is 122 cm³/mol. The molecule has 1 amide bonds. The third kappa shape index (κ3) is 5.20. The van der Waals surface area contributed by atoms with Crippen molar-refractivity contribution in [3.63, 3.8) is 0 Å². The van der Waals surface area contributed by atoms with Crippen LogP contribution in [0.5, 0.6) is 11.5 Å². The molecule has 3 aromatic rings. The van der Waals surface area contributed by atoms with Crippen molar-refractivity contribution in [3.8, 4) is 11.5 Å². The topological polar surface area (TPSA) is 47.6 Å². The molecular formula is C26H29NO3. The Morgan fingerprint density at radius 2 is 1.63 bits per heavy atom. The van der Waals surface area contributed by atoms with Gasteiger partial charge in [-0.15, -0.1) is 0 Å². The predicted octanol–water partition coefficient (Wildman–Crippen LogP) is 6.15. The molecule has 0 radical (unpaired) electrons. The van der Waals surface area contributed by atoms with E-state index in [1.54, 1.807) is 6.07 Å². The first-order chi connectivity index (χ1) is 14.4. The third-order valence-corrected chi connectivity index (χ3v) is 5.06. The van der Waals surface area contributed by atoms with Gasteiger partial charge in [0.25, 0.3) is 5.91 Å². The molecule has 30 heavy (non-hydrogen) atoms. The lowest BCUT2D eigenvalue weighted by molar-refractivity contribution is 0.102. The van der Waals surface area contributed by atoms with Gasteiger partial charge in [-0.1, -0.05) is 18.2 Å². The monoisotopic (exact) mass is 403 g/mol. The van der Waals surface area contributed by atoms with Gasteiger partial charge < -0.3 is 14.8 Å². The van der Waals surface area contributed by atoms with Crippen molar-refractivity contribution in [2.24, 2.45) is 0 Å². The molecule has 3 aromatic carbocycles. The lowest BCUT2D eigenvalue weighted by atomic mass is 10.1. The van der Waals surface area contributed by atoms with Crippen LogP contribution in [0.3, 0.4) is 0 Å². The summed E-state index contributed by atoms with van der Waals surface area (Å²) in [5.74, 6) is 1.38. The van der Waals surface area contributed by atoms with Gasteiger partial charge in [0, 0.05) is 16.8 Å². The van der Waals surface area contributed by atoms with Crippen LogP contribution < -0.4 is 14.8 Å². The van der Waals surface area contributed by atoms with E-state index in [4.69, 9.17) is 9.47 Å². The minimum absolute atomic E-state index is 0.153. The summed E-state index contributed by atoms with van der Waals surface area (Å²) in [5, 5.41) is 3.01. The van der Waals surface area contributed by atoms with Crippen molar-refractivity contribution < 1.29 is 14.3 Å². The number of carbonyl (C=O) groups is 1. The number of aryl methyl sites for hydroxylation is 3. The Labute approximate surface area is 178 Å². The molecular weight excluding hydrogens is 374 g/mol. The van der Waals surface area contributed by atoms with Crippen molar-refractivity contribution in [3.05, 3.63) is 88.0 Å². The van der Waals surface area contributed by atoms with Gasteiger partial charge in [-0.05, 0) is 93.3 Å². The van der Waals surface area contributed by atoms with E-state index in [0.717, 1.165) is 45.0 Å². The molecule has 0 saturated heterocycles. The number of hydrogen-bond donors (Lipinski definition) is 1. The largest absolute Gasteiger partial charge is 0.493 e. The summed E-state index contributed by atoms with van der Waals surface area (Å²) in [4.78, 5) is 12.9. The Morgan fingerprint density at radius 3 is 2.33 bits per heavy atom. The quantitative estimate of drug-likeness (QED) is 0.515. The van der Waals surface area contributed by atoms with Gasteiger partial charge in [-0.25, -0.2) is 0 Å².